The van der Waals surface area contributed by atoms with Crippen molar-refractivity contribution in [1.82, 2.24) is 14.5 Å². The summed E-state index contributed by atoms with van der Waals surface area (Å²) in [5.41, 5.74) is 1.96. The second-order valence-electron chi connectivity index (χ2n) is 6.95. The molecular weight excluding hydrogens is 314 g/mol. The first-order valence-corrected chi connectivity index (χ1v) is 8.75. The van der Waals surface area contributed by atoms with Gasteiger partial charge in [-0.15, -0.1) is 6.58 Å². The molecule has 0 amide bonds. The molecule has 0 bridgehead atoms. The smallest absolute Gasteiger partial charge is 0.139 e. The van der Waals surface area contributed by atoms with E-state index < -0.39 is 0 Å². The summed E-state index contributed by atoms with van der Waals surface area (Å²) in [6.07, 6.45) is 8.34. The minimum absolute atomic E-state index is 0.0779. The SMILES string of the molecule is C=CCc1cc(-c2nccn2CC2(N(C)C)CCOCC2)ccc1O. The number of hydrogen-bond acceptors (Lipinski definition) is 4. The fourth-order valence-corrected chi connectivity index (χ4v) is 3.56. The Labute approximate surface area is 149 Å². The number of aromatic hydroxyl groups is 1. The zero-order valence-corrected chi connectivity index (χ0v) is 15.1. The Kier molecular flexibility index (Phi) is 5.25. The number of benzene rings is 1. The molecule has 1 aliphatic heterocycles. The fourth-order valence-electron chi connectivity index (χ4n) is 3.56. The predicted molar refractivity (Wildman–Crippen MR) is 99.7 cm³/mol. The van der Waals surface area contributed by atoms with Gasteiger partial charge < -0.3 is 19.3 Å². The summed E-state index contributed by atoms with van der Waals surface area (Å²) >= 11 is 0. The van der Waals surface area contributed by atoms with Crippen LogP contribution >= 0.6 is 0 Å². The minimum Gasteiger partial charge on any atom is -0.508 e. The van der Waals surface area contributed by atoms with Crippen LogP contribution in [0.1, 0.15) is 18.4 Å². The first kappa shape index (κ1) is 17.7. The molecule has 25 heavy (non-hydrogen) atoms. The number of phenolic OH excluding ortho intramolecular Hbond substituents is 1. The number of ether oxygens (including phenoxy) is 1. The van der Waals surface area contributed by atoms with Crippen molar-refractivity contribution in [2.75, 3.05) is 27.3 Å². The molecule has 134 valence electrons. The van der Waals surface area contributed by atoms with Gasteiger partial charge in [0.1, 0.15) is 11.6 Å². The molecule has 5 nitrogen and oxygen atoms in total. The highest BCUT2D eigenvalue weighted by molar-refractivity contribution is 5.59. The van der Waals surface area contributed by atoms with E-state index >= 15 is 0 Å². The van der Waals surface area contributed by atoms with Crippen LogP contribution in [0, 0.1) is 0 Å². The number of phenols is 1. The third kappa shape index (κ3) is 3.62. The molecule has 2 heterocycles. The van der Waals surface area contributed by atoms with E-state index in [-0.39, 0.29) is 5.54 Å². The van der Waals surface area contributed by atoms with Gasteiger partial charge in [0.2, 0.25) is 0 Å². The summed E-state index contributed by atoms with van der Waals surface area (Å²) in [7, 11) is 4.29. The third-order valence-electron chi connectivity index (χ3n) is 5.25. The molecule has 0 atom stereocenters. The van der Waals surface area contributed by atoms with Crippen LogP contribution in [0.15, 0.2) is 43.2 Å². The van der Waals surface area contributed by atoms with E-state index in [4.69, 9.17) is 4.74 Å². The summed E-state index contributed by atoms with van der Waals surface area (Å²) in [5.74, 6) is 1.23. The maximum atomic E-state index is 10.0. The van der Waals surface area contributed by atoms with Crippen molar-refractivity contribution in [3.05, 3.63) is 48.8 Å². The largest absolute Gasteiger partial charge is 0.508 e. The van der Waals surface area contributed by atoms with Crippen molar-refractivity contribution < 1.29 is 9.84 Å². The van der Waals surface area contributed by atoms with Gasteiger partial charge >= 0.3 is 0 Å². The average molecular weight is 341 g/mol. The lowest BCUT2D eigenvalue weighted by atomic mass is 9.88. The van der Waals surface area contributed by atoms with Crippen LogP contribution < -0.4 is 0 Å². The minimum atomic E-state index is 0.0779. The Balaban J connectivity index is 1.92. The highest BCUT2D eigenvalue weighted by atomic mass is 16.5. The van der Waals surface area contributed by atoms with Crippen molar-refractivity contribution in [2.24, 2.45) is 0 Å². The monoisotopic (exact) mass is 341 g/mol. The molecule has 0 saturated carbocycles. The van der Waals surface area contributed by atoms with Gasteiger partial charge in [-0.25, -0.2) is 4.98 Å². The summed E-state index contributed by atoms with van der Waals surface area (Å²) in [5, 5.41) is 10.0. The van der Waals surface area contributed by atoms with E-state index in [1.54, 1.807) is 12.1 Å². The number of allylic oxidation sites excluding steroid dienone is 1. The zero-order chi connectivity index (χ0) is 17.9. The number of likely N-dealkylation sites (N-methyl/N-ethyl adjacent to an activating group) is 1. The van der Waals surface area contributed by atoms with E-state index in [1.807, 2.05) is 24.5 Å². The first-order chi connectivity index (χ1) is 12.1. The van der Waals surface area contributed by atoms with Gasteiger partial charge in [0.15, 0.2) is 0 Å². The van der Waals surface area contributed by atoms with E-state index in [9.17, 15) is 5.11 Å². The molecule has 1 aromatic heterocycles. The normalized spacial score (nSPS) is 16.9. The van der Waals surface area contributed by atoms with Crippen molar-refractivity contribution in [2.45, 2.75) is 31.3 Å². The summed E-state index contributed by atoms with van der Waals surface area (Å²) in [6.45, 7) is 6.23. The lowest BCUT2D eigenvalue weighted by molar-refractivity contribution is -0.0163. The maximum Gasteiger partial charge on any atom is 0.139 e. The standard InChI is InChI=1S/C20H27N3O2/c1-4-5-16-14-17(6-7-18(16)24)19-21-10-11-23(19)15-20(22(2)3)8-12-25-13-9-20/h4,6-7,10-11,14,24H,1,5,8-9,12-13,15H2,2-3H3. The van der Waals surface area contributed by atoms with Gasteiger partial charge in [-0.1, -0.05) is 6.08 Å². The molecule has 0 unspecified atom stereocenters. The van der Waals surface area contributed by atoms with Gasteiger partial charge in [-0.2, -0.15) is 0 Å². The number of imidazole rings is 1. The summed E-state index contributed by atoms with van der Waals surface area (Å²) in [4.78, 5) is 6.90. The Bertz CT molecular complexity index is 730. The topological polar surface area (TPSA) is 50.5 Å². The van der Waals surface area contributed by atoms with E-state index in [2.05, 4.69) is 35.1 Å². The van der Waals surface area contributed by atoms with Crippen LogP contribution in [0.3, 0.4) is 0 Å². The maximum absolute atomic E-state index is 10.0. The van der Waals surface area contributed by atoms with Crippen molar-refractivity contribution >= 4 is 0 Å². The Morgan fingerprint density at radius 3 is 2.80 bits per heavy atom. The Hall–Kier alpha value is -2.11. The van der Waals surface area contributed by atoms with Gasteiger partial charge in [-0.05, 0) is 57.1 Å². The van der Waals surface area contributed by atoms with Crippen LogP contribution in [-0.4, -0.2) is 52.4 Å². The first-order valence-electron chi connectivity index (χ1n) is 8.75. The molecular formula is C20H27N3O2. The average Bonchev–Trinajstić information content (AvgIpc) is 3.06. The second kappa shape index (κ2) is 7.42. The molecule has 2 aromatic rings. The van der Waals surface area contributed by atoms with Crippen molar-refractivity contribution in [3.8, 4) is 17.1 Å². The van der Waals surface area contributed by atoms with Crippen LogP contribution in [0.25, 0.3) is 11.4 Å². The molecule has 0 spiro atoms. The second-order valence-corrected chi connectivity index (χ2v) is 6.95. The highest BCUT2D eigenvalue weighted by Crippen LogP contribution is 2.31. The van der Waals surface area contributed by atoms with Crippen molar-refractivity contribution in [1.29, 1.82) is 0 Å². The zero-order valence-electron chi connectivity index (χ0n) is 15.1. The number of hydrogen-bond donors (Lipinski definition) is 1. The molecule has 1 N–H and O–H groups in total. The third-order valence-corrected chi connectivity index (χ3v) is 5.25. The highest BCUT2D eigenvalue weighted by Gasteiger charge is 2.35. The van der Waals surface area contributed by atoms with Gasteiger partial charge in [0, 0.05) is 43.3 Å². The van der Waals surface area contributed by atoms with E-state index in [0.29, 0.717) is 12.2 Å². The Morgan fingerprint density at radius 2 is 2.12 bits per heavy atom. The molecule has 0 aliphatic carbocycles. The molecule has 5 heteroatoms. The number of nitrogens with zero attached hydrogens (tertiary/aromatic N) is 3. The molecule has 0 radical (unpaired) electrons. The Morgan fingerprint density at radius 1 is 1.36 bits per heavy atom. The van der Waals surface area contributed by atoms with Crippen molar-refractivity contribution in [3.63, 3.8) is 0 Å². The number of rotatable bonds is 6. The van der Waals surface area contributed by atoms with Gasteiger partial charge in [0.25, 0.3) is 0 Å². The van der Waals surface area contributed by atoms with Crippen LogP contribution in [0.5, 0.6) is 5.75 Å². The molecule has 1 saturated heterocycles. The lowest BCUT2D eigenvalue weighted by Gasteiger charge is -2.43. The molecule has 1 aliphatic rings. The molecule has 1 fully saturated rings. The predicted octanol–water partition coefficient (Wildman–Crippen LogP) is 3.10. The van der Waals surface area contributed by atoms with Crippen LogP contribution in [0.2, 0.25) is 0 Å². The van der Waals surface area contributed by atoms with E-state index in [1.165, 1.54) is 0 Å². The fraction of sp³-hybridized carbons (Fsp3) is 0.450. The lowest BCUT2D eigenvalue weighted by Crippen LogP contribution is -2.51. The quantitative estimate of drug-likeness (QED) is 0.821. The van der Waals surface area contributed by atoms with E-state index in [0.717, 1.165) is 49.6 Å². The number of aromatic nitrogens is 2. The van der Waals surface area contributed by atoms with Crippen LogP contribution in [-0.2, 0) is 17.7 Å². The van der Waals surface area contributed by atoms with Gasteiger partial charge in [-0.3, -0.25) is 0 Å². The summed E-state index contributed by atoms with van der Waals surface area (Å²) < 4.78 is 7.79. The van der Waals surface area contributed by atoms with Crippen LogP contribution in [0.4, 0.5) is 0 Å². The molecule has 1 aromatic carbocycles. The summed E-state index contributed by atoms with van der Waals surface area (Å²) in [6, 6.07) is 5.67. The molecule has 3 rings (SSSR count). The van der Waals surface area contributed by atoms with Gasteiger partial charge in [0.05, 0.1) is 0 Å².